The third kappa shape index (κ3) is 7.07. The lowest BCUT2D eigenvalue weighted by Crippen LogP contribution is -2.34. The Morgan fingerprint density at radius 2 is 1.75 bits per heavy atom. The van der Waals surface area contributed by atoms with Crippen molar-refractivity contribution < 1.29 is 19.1 Å². The molecule has 1 aliphatic heterocycles. The third-order valence-corrected chi connectivity index (χ3v) is 5.72. The van der Waals surface area contributed by atoms with Gasteiger partial charge in [0.05, 0.1) is 6.61 Å². The van der Waals surface area contributed by atoms with Crippen LogP contribution < -0.4 is 15.9 Å². The Kier molecular flexibility index (Phi) is 9.85. The number of carbonyl (C=O) groups is 2. The van der Waals surface area contributed by atoms with Crippen molar-refractivity contribution in [3.63, 3.8) is 0 Å². The quantitative estimate of drug-likeness (QED) is 0.201. The van der Waals surface area contributed by atoms with Crippen LogP contribution in [0.5, 0.6) is 5.75 Å². The van der Waals surface area contributed by atoms with E-state index in [0.29, 0.717) is 37.4 Å². The molecule has 1 aliphatic rings. The minimum absolute atomic E-state index is 0.0213. The van der Waals surface area contributed by atoms with Crippen molar-refractivity contribution in [1.82, 2.24) is 4.90 Å². The highest BCUT2D eigenvalue weighted by atomic mass is 16.6. The fraction of sp³-hybridized carbons (Fsp3) is 0.407. The van der Waals surface area contributed by atoms with Gasteiger partial charge in [0, 0.05) is 30.8 Å². The number of amides is 1. The van der Waals surface area contributed by atoms with E-state index < -0.39 is 12.1 Å². The minimum atomic E-state index is -0.453. The highest BCUT2D eigenvalue weighted by molar-refractivity contribution is 5.99. The first kappa shape index (κ1) is 26.7. The van der Waals surface area contributed by atoms with Crippen LogP contribution in [-0.4, -0.2) is 49.2 Å². The summed E-state index contributed by atoms with van der Waals surface area (Å²) in [4.78, 5) is 26.7. The van der Waals surface area contributed by atoms with Crippen LogP contribution in [0.1, 0.15) is 45.6 Å². The molecular formula is C27H35N5O4. The molecule has 2 aromatic carbocycles. The summed E-state index contributed by atoms with van der Waals surface area (Å²) in [6.07, 6.45) is 3.67. The van der Waals surface area contributed by atoms with Crippen molar-refractivity contribution in [2.45, 2.75) is 46.2 Å². The van der Waals surface area contributed by atoms with Crippen LogP contribution in [0.2, 0.25) is 0 Å². The van der Waals surface area contributed by atoms with Crippen molar-refractivity contribution in [3.8, 4) is 16.9 Å². The normalized spacial score (nSPS) is 14.9. The number of esters is 1. The molecule has 192 valence electrons. The number of ether oxygens (including phenoxy) is 2. The summed E-state index contributed by atoms with van der Waals surface area (Å²) >= 11 is 0. The first-order valence-corrected chi connectivity index (χ1v) is 12.4. The number of carbonyl (C=O) groups excluding carboxylic acids is 2. The maximum Gasteiger partial charge on any atom is 0.344 e. The maximum atomic E-state index is 13.3. The van der Waals surface area contributed by atoms with E-state index in [1.807, 2.05) is 53.4 Å². The van der Waals surface area contributed by atoms with Crippen LogP contribution in [0.3, 0.4) is 0 Å². The fourth-order valence-corrected chi connectivity index (χ4v) is 4.12. The van der Waals surface area contributed by atoms with E-state index in [2.05, 4.69) is 29.5 Å². The van der Waals surface area contributed by atoms with Crippen LogP contribution in [0.15, 0.2) is 58.4 Å². The third-order valence-electron chi connectivity index (χ3n) is 5.72. The molecule has 1 unspecified atom stereocenters. The lowest BCUT2D eigenvalue weighted by Gasteiger charge is -2.23. The zero-order valence-corrected chi connectivity index (χ0v) is 21.2. The molecule has 0 fully saturated rings. The van der Waals surface area contributed by atoms with Gasteiger partial charge in [-0.2, -0.15) is 0 Å². The Hall–Kier alpha value is -3.88. The second-order valence-electron chi connectivity index (χ2n) is 8.48. The molecular weight excluding hydrogens is 458 g/mol. The summed E-state index contributed by atoms with van der Waals surface area (Å²) in [5.41, 5.74) is 4.37. The van der Waals surface area contributed by atoms with Crippen molar-refractivity contribution >= 4 is 23.6 Å². The first-order chi connectivity index (χ1) is 17.5. The molecule has 2 aromatic rings. The van der Waals surface area contributed by atoms with E-state index >= 15 is 0 Å². The fourth-order valence-electron chi connectivity index (χ4n) is 4.12. The van der Waals surface area contributed by atoms with E-state index in [4.69, 9.17) is 15.3 Å². The van der Waals surface area contributed by atoms with Gasteiger partial charge in [-0.15, -0.1) is 5.11 Å². The topological polar surface area (TPSA) is 119 Å². The molecule has 3 rings (SSSR count). The second kappa shape index (κ2) is 13.3. The summed E-state index contributed by atoms with van der Waals surface area (Å²) < 4.78 is 10.4. The van der Waals surface area contributed by atoms with Gasteiger partial charge < -0.3 is 25.5 Å². The minimum Gasteiger partial charge on any atom is -0.482 e. The Labute approximate surface area is 212 Å². The number of nitrogens with zero attached hydrogens (tertiary/aromatic N) is 3. The summed E-state index contributed by atoms with van der Waals surface area (Å²) in [6.45, 7) is 7.51. The van der Waals surface area contributed by atoms with Gasteiger partial charge in [0.2, 0.25) is 5.91 Å². The van der Waals surface area contributed by atoms with Gasteiger partial charge in [-0.25, -0.2) is 4.79 Å². The predicted molar refractivity (Wildman–Crippen MR) is 140 cm³/mol. The zero-order chi connectivity index (χ0) is 25.9. The average Bonchev–Trinajstić information content (AvgIpc) is 3.06. The van der Waals surface area contributed by atoms with Crippen LogP contribution >= 0.6 is 0 Å². The Morgan fingerprint density at radius 3 is 2.39 bits per heavy atom. The molecule has 0 aliphatic carbocycles. The van der Waals surface area contributed by atoms with Gasteiger partial charge in [0.25, 0.3) is 0 Å². The summed E-state index contributed by atoms with van der Waals surface area (Å²) in [5.74, 6) is 5.57. The van der Waals surface area contributed by atoms with Gasteiger partial charge in [0.1, 0.15) is 11.9 Å². The molecule has 0 radical (unpaired) electrons. The number of fused-ring (bicyclic) bond motifs is 1. The van der Waals surface area contributed by atoms with E-state index in [-0.39, 0.29) is 12.5 Å². The van der Waals surface area contributed by atoms with Crippen molar-refractivity contribution in [3.05, 3.63) is 53.6 Å². The maximum absolute atomic E-state index is 13.3. The monoisotopic (exact) mass is 493 g/mol. The number of rotatable bonds is 11. The van der Waals surface area contributed by atoms with Crippen LogP contribution in [-0.2, 0) is 14.3 Å². The van der Waals surface area contributed by atoms with Crippen molar-refractivity contribution in [2.75, 3.05) is 31.6 Å². The smallest absolute Gasteiger partial charge is 0.344 e. The Balaban J connectivity index is 1.85. The molecule has 36 heavy (non-hydrogen) atoms. The summed E-state index contributed by atoms with van der Waals surface area (Å²) in [5, 5.41) is 11.0. The number of hydrogen-bond acceptors (Lipinski definition) is 7. The van der Waals surface area contributed by atoms with Gasteiger partial charge >= 0.3 is 5.97 Å². The van der Waals surface area contributed by atoms with Gasteiger partial charge in [-0.1, -0.05) is 43.3 Å². The van der Waals surface area contributed by atoms with Crippen molar-refractivity contribution in [2.24, 2.45) is 16.2 Å². The molecule has 0 aromatic heterocycles. The number of anilines is 1. The molecule has 0 spiro atoms. The zero-order valence-electron chi connectivity index (χ0n) is 21.2. The lowest BCUT2D eigenvalue weighted by molar-refractivity contribution is -0.145. The first-order valence-electron chi connectivity index (χ1n) is 12.4. The molecule has 1 amide bonds. The molecule has 9 heteroatoms. The molecule has 0 saturated heterocycles. The number of nitrogens with two attached hydrogens (primary N) is 1. The van der Waals surface area contributed by atoms with Gasteiger partial charge in [-0.05, 0) is 60.7 Å². The molecule has 9 nitrogen and oxygen atoms in total. The molecule has 3 N–H and O–H groups in total. The highest BCUT2D eigenvalue weighted by Crippen LogP contribution is 2.32. The lowest BCUT2D eigenvalue weighted by atomic mass is 10.0. The average molecular weight is 494 g/mol. The van der Waals surface area contributed by atoms with Gasteiger partial charge in [0.15, 0.2) is 6.61 Å². The van der Waals surface area contributed by atoms with Crippen molar-refractivity contribution in [1.29, 1.82) is 0 Å². The number of nitrogens with one attached hydrogen (secondary N) is 1. The largest absolute Gasteiger partial charge is 0.482 e. The standard InChI is InChI=1S/C27H35N5O4/c1-4-13-32(14-5-2)27(34)22-15-21-8-7-20(16-24(21)29-25(17-22)30-31-28)19-9-11-23(12-10-19)36-18-26(33)35-6-3/h7-12,15-16,25,29H,4-6,13-14,17-18H2,1-3H3,(H2,28,30). The molecule has 0 bridgehead atoms. The van der Waals surface area contributed by atoms with E-state index in [9.17, 15) is 9.59 Å². The van der Waals surface area contributed by atoms with E-state index in [0.717, 1.165) is 35.2 Å². The molecule has 1 heterocycles. The summed E-state index contributed by atoms with van der Waals surface area (Å²) in [7, 11) is 0. The SMILES string of the molecule is CCCN(CCC)C(=O)C1=Cc2ccc(-c3ccc(OCC(=O)OCC)cc3)cc2NC(N=NN)C1. The van der Waals surface area contributed by atoms with Crippen LogP contribution in [0.25, 0.3) is 17.2 Å². The Morgan fingerprint density at radius 1 is 1.06 bits per heavy atom. The number of hydrogen-bond donors (Lipinski definition) is 2. The predicted octanol–water partition coefficient (Wildman–Crippen LogP) is 4.80. The Bertz CT molecular complexity index is 1090. The highest BCUT2D eigenvalue weighted by Gasteiger charge is 2.24. The molecule has 1 atom stereocenters. The molecule has 0 saturated carbocycles. The summed E-state index contributed by atoms with van der Waals surface area (Å²) in [6, 6.07) is 13.5. The van der Waals surface area contributed by atoms with Crippen LogP contribution in [0.4, 0.5) is 5.69 Å². The van der Waals surface area contributed by atoms with E-state index in [1.165, 1.54) is 0 Å². The number of benzene rings is 2. The van der Waals surface area contributed by atoms with Gasteiger partial charge in [-0.3, -0.25) is 4.79 Å². The second-order valence-corrected chi connectivity index (χ2v) is 8.48. The van der Waals surface area contributed by atoms with E-state index in [1.54, 1.807) is 6.92 Å². The van der Waals surface area contributed by atoms with Crippen LogP contribution in [0, 0.1) is 0 Å².